The van der Waals surface area contributed by atoms with E-state index in [1.54, 1.807) is 0 Å². The van der Waals surface area contributed by atoms with E-state index in [4.69, 9.17) is 11.6 Å². The monoisotopic (exact) mass is 357 g/mol. The third kappa shape index (κ3) is 2.90. The van der Waals surface area contributed by atoms with E-state index >= 15 is 0 Å². The first kappa shape index (κ1) is 12.9. The van der Waals surface area contributed by atoms with Gasteiger partial charge in [-0.1, -0.05) is 11.6 Å². The number of nitrogens with zero attached hydrogens (tertiary/aromatic N) is 1. The summed E-state index contributed by atoms with van der Waals surface area (Å²) in [5.41, 5.74) is -1.95. The van der Waals surface area contributed by atoms with Crippen LogP contribution in [0.4, 0.5) is 22.0 Å². The second-order valence-electron chi connectivity index (χ2n) is 2.49. The average molecular weight is 357 g/mol. The fourth-order valence-corrected chi connectivity index (χ4v) is 1.75. The molecule has 84 valence electrons. The predicted octanol–water partition coefficient (Wildman–Crippen LogP) is 4.30. The maximum atomic E-state index is 12.2. The Morgan fingerprint density at radius 3 is 2.27 bits per heavy atom. The molecular formula is C7H2ClF5IN. The van der Waals surface area contributed by atoms with Crippen LogP contribution in [0.5, 0.6) is 0 Å². The van der Waals surface area contributed by atoms with Crippen LogP contribution in [0.3, 0.4) is 0 Å². The van der Waals surface area contributed by atoms with E-state index in [-0.39, 0.29) is 3.57 Å². The first-order valence-corrected chi connectivity index (χ1v) is 4.90. The highest BCUT2D eigenvalue weighted by atomic mass is 127. The first-order chi connectivity index (χ1) is 6.73. The van der Waals surface area contributed by atoms with Gasteiger partial charge >= 0.3 is 6.18 Å². The fraction of sp³-hybridized carbons (Fsp3) is 0.286. The van der Waals surface area contributed by atoms with Crippen LogP contribution in [0.25, 0.3) is 0 Å². The minimum Gasteiger partial charge on any atom is -0.233 e. The molecule has 0 aromatic carbocycles. The van der Waals surface area contributed by atoms with Gasteiger partial charge in [-0.25, -0.2) is 13.8 Å². The lowest BCUT2D eigenvalue weighted by Gasteiger charge is -2.10. The molecule has 0 aliphatic rings. The van der Waals surface area contributed by atoms with Crippen LogP contribution < -0.4 is 0 Å². The Balaban J connectivity index is 3.32. The number of pyridine rings is 1. The van der Waals surface area contributed by atoms with Gasteiger partial charge in [-0.2, -0.15) is 13.2 Å². The van der Waals surface area contributed by atoms with Crippen molar-refractivity contribution >= 4 is 34.2 Å². The van der Waals surface area contributed by atoms with Gasteiger partial charge in [-0.3, -0.25) is 0 Å². The van der Waals surface area contributed by atoms with Gasteiger partial charge in [0, 0.05) is 3.57 Å². The van der Waals surface area contributed by atoms with Crippen molar-refractivity contribution in [1.82, 2.24) is 4.98 Å². The molecule has 1 nitrogen and oxygen atoms in total. The maximum absolute atomic E-state index is 12.2. The molecule has 0 aliphatic carbocycles. The highest BCUT2D eigenvalue weighted by molar-refractivity contribution is 14.1. The van der Waals surface area contributed by atoms with Crippen LogP contribution in [0.2, 0.25) is 5.15 Å². The first-order valence-electron chi connectivity index (χ1n) is 3.44. The van der Waals surface area contributed by atoms with Gasteiger partial charge in [0.05, 0.1) is 5.56 Å². The van der Waals surface area contributed by atoms with Gasteiger partial charge < -0.3 is 0 Å². The van der Waals surface area contributed by atoms with Gasteiger partial charge in [0.15, 0.2) is 0 Å². The molecule has 0 N–H and O–H groups in total. The van der Waals surface area contributed by atoms with Crippen LogP contribution in [-0.2, 0) is 6.18 Å². The molecule has 0 fully saturated rings. The summed E-state index contributed by atoms with van der Waals surface area (Å²) in [6.07, 6.45) is -7.64. The van der Waals surface area contributed by atoms with Crippen molar-refractivity contribution < 1.29 is 22.0 Å². The average Bonchev–Trinajstić information content (AvgIpc) is 2.06. The Hall–Kier alpha value is -0.180. The highest BCUT2D eigenvalue weighted by Gasteiger charge is 2.35. The number of halogens is 7. The molecule has 0 radical (unpaired) electrons. The summed E-state index contributed by atoms with van der Waals surface area (Å²) < 4.78 is 60.9. The lowest BCUT2D eigenvalue weighted by atomic mass is 10.2. The number of aromatic nitrogens is 1. The smallest absolute Gasteiger partial charge is 0.233 e. The third-order valence-electron chi connectivity index (χ3n) is 1.47. The molecule has 0 saturated carbocycles. The fourth-order valence-electron chi connectivity index (χ4n) is 0.831. The normalized spacial score (nSPS) is 12.3. The quantitative estimate of drug-likeness (QED) is 0.415. The summed E-state index contributed by atoms with van der Waals surface area (Å²) in [7, 11) is 0. The van der Waals surface area contributed by atoms with Gasteiger partial charge in [0.25, 0.3) is 6.43 Å². The van der Waals surface area contributed by atoms with Crippen molar-refractivity contribution in [2.45, 2.75) is 12.6 Å². The second kappa shape index (κ2) is 4.36. The Kier molecular flexibility index (Phi) is 3.75. The van der Waals surface area contributed by atoms with Gasteiger partial charge in [0.1, 0.15) is 10.8 Å². The summed E-state index contributed by atoms with van der Waals surface area (Å²) in [5.74, 6) is 0. The van der Waals surface area contributed by atoms with Crippen molar-refractivity contribution in [2.24, 2.45) is 0 Å². The topological polar surface area (TPSA) is 12.9 Å². The van der Waals surface area contributed by atoms with Crippen molar-refractivity contribution in [1.29, 1.82) is 0 Å². The molecule has 1 aromatic rings. The Bertz CT molecular complexity index is 378. The largest absolute Gasteiger partial charge is 0.419 e. The SMILES string of the molecule is FC(F)c1nc(Cl)c(C(F)(F)F)cc1I. The third-order valence-corrected chi connectivity index (χ3v) is 2.62. The zero-order valence-corrected chi connectivity index (χ0v) is 9.66. The maximum Gasteiger partial charge on any atom is 0.419 e. The Morgan fingerprint density at radius 2 is 1.87 bits per heavy atom. The molecule has 0 bridgehead atoms. The molecule has 15 heavy (non-hydrogen) atoms. The van der Waals surface area contributed by atoms with Crippen LogP contribution in [-0.4, -0.2) is 4.98 Å². The molecule has 0 aliphatic heterocycles. The lowest BCUT2D eigenvalue weighted by molar-refractivity contribution is -0.137. The van der Waals surface area contributed by atoms with E-state index in [1.807, 2.05) is 0 Å². The molecule has 0 unspecified atom stereocenters. The molecule has 1 aromatic heterocycles. The van der Waals surface area contributed by atoms with E-state index in [0.717, 1.165) is 0 Å². The lowest BCUT2D eigenvalue weighted by Crippen LogP contribution is -2.09. The van der Waals surface area contributed by atoms with Crippen LogP contribution in [0.15, 0.2) is 6.07 Å². The summed E-state index contributed by atoms with van der Waals surface area (Å²) in [6, 6.07) is 0.553. The summed E-state index contributed by atoms with van der Waals surface area (Å²) in [4.78, 5) is 3.03. The molecule has 8 heteroatoms. The van der Waals surface area contributed by atoms with E-state index in [2.05, 4.69) is 4.98 Å². The molecule has 0 spiro atoms. The number of hydrogen-bond donors (Lipinski definition) is 0. The summed E-state index contributed by atoms with van der Waals surface area (Å²) in [5, 5.41) is -0.960. The van der Waals surface area contributed by atoms with Crippen molar-refractivity contribution in [3.63, 3.8) is 0 Å². The van der Waals surface area contributed by atoms with Crippen LogP contribution >= 0.6 is 34.2 Å². The Labute approximate surface area is 99.8 Å². The molecular weight excluding hydrogens is 355 g/mol. The minimum atomic E-state index is -4.69. The predicted molar refractivity (Wildman–Crippen MR) is 51.9 cm³/mol. The number of rotatable bonds is 1. The van der Waals surface area contributed by atoms with Gasteiger partial charge in [0.2, 0.25) is 0 Å². The molecule has 0 saturated heterocycles. The number of alkyl halides is 5. The van der Waals surface area contributed by atoms with Gasteiger partial charge in [-0.05, 0) is 28.7 Å². The van der Waals surface area contributed by atoms with Gasteiger partial charge in [-0.15, -0.1) is 0 Å². The van der Waals surface area contributed by atoms with Crippen molar-refractivity contribution in [2.75, 3.05) is 0 Å². The van der Waals surface area contributed by atoms with Crippen molar-refractivity contribution in [3.8, 4) is 0 Å². The highest BCUT2D eigenvalue weighted by Crippen LogP contribution is 2.36. The van der Waals surface area contributed by atoms with Crippen LogP contribution in [0, 0.1) is 3.57 Å². The standard InChI is InChI=1S/C7H2ClF5IN/c8-5-2(7(11,12)13)1-3(14)4(15-5)6(9)10/h1,6H. The van der Waals surface area contributed by atoms with E-state index in [0.29, 0.717) is 6.07 Å². The Morgan fingerprint density at radius 1 is 1.33 bits per heavy atom. The molecule has 0 amide bonds. The van der Waals surface area contributed by atoms with E-state index in [1.165, 1.54) is 22.6 Å². The molecule has 0 atom stereocenters. The molecule has 1 heterocycles. The zero-order valence-electron chi connectivity index (χ0n) is 6.75. The number of hydrogen-bond acceptors (Lipinski definition) is 1. The molecule has 1 rings (SSSR count). The van der Waals surface area contributed by atoms with E-state index < -0.39 is 29.0 Å². The second-order valence-corrected chi connectivity index (χ2v) is 4.01. The van der Waals surface area contributed by atoms with Crippen molar-refractivity contribution in [3.05, 3.63) is 26.0 Å². The van der Waals surface area contributed by atoms with Crippen LogP contribution in [0.1, 0.15) is 17.7 Å². The summed E-state index contributed by atoms with van der Waals surface area (Å²) >= 11 is 6.52. The zero-order chi connectivity index (χ0) is 11.8. The van der Waals surface area contributed by atoms with E-state index in [9.17, 15) is 22.0 Å². The minimum absolute atomic E-state index is 0.265. The summed E-state index contributed by atoms with van der Waals surface area (Å²) in [6.45, 7) is 0.